The van der Waals surface area contributed by atoms with E-state index in [0.717, 1.165) is 5.56 Å². The summed E-state index contributed by atoms with van der Waals surface area (Å²) >= 11 is 20.0. The minimum absolute atomic E-state index is 0.187. The average molecular weight is 448 g/mol. The van der Waals surface area contributed by atoms with E-state index in [1.165, 1.54) is 16.3 Å². The number of aromatic nitrogens is 2. The van der Waals surface area contributed by atoms with E-state index in [1.807, 2.05) is 42.5 Å². The molecule has 0 aliphatic rings. The second-order valence-electron chi connectivity index (χ2n) is 6.06. The largest absolute Gasteiger partial charge is 0.268 e. The van der Waals surface area contributed by atoms with Gasteiger partial charge in [0.15, 0.2) is 5.16 Å². The molecule has 0 atom stereocenters. The SMILES string of the molecule is O=c1c2ccccc2nc(SCc2ccc(Cl)cc2)n1-c1cc(Cl)ccc1Cl. The molecule has 3 nitrogen and oxygen atoms in total. The van der Waals surface area contributed by atoms with Crippen molar-refractivity contribution in [3.63, 3.8) is 0 Å². The topological polar surface area (TPSA) is 34.9 Å². The normalized spacial score (nSPS) is 11.1. The zero-order chi connectivity index (χ0) is 19.7. The Morgan fingerprint density at radius 2 is 1.61 bits per heavy atom. The second kappa shape index (κ2) is 8.18. The fourth-order valence-corrected chi connectivity index (χ4v) is 4.26. The molecule has 0 spiro atoms. The highest BCUT2D eigenvalue weighted by Gasteiger charge is 2.16. The fraction of sp³-hybridized carbons (Fsp3) is 0.0476. The summed E-state index contributed by atoms with van der Waals surface area (Å²) in [6.07, 6.45) is 0. The first kappa shape index (κ1) is 19.3. The highest BCUT2D eigenvalue weighted by molar-refractivity contribution is 7.98. The summed E-state index contributed by atoms with van der Waals surface area (Å²) < 4.78 is 1.52. The first-order valence-electron chi connectivity index (χ1n) is 8.37. The van der Waals surface area contributed by atoms with Crippen LogP contribution in [0.25, 0.3) is 16.6 Å². The molecule has 0 saturated carbocycles. The third-order valence-corrected chi connectivity index (χ3v) is 5.99. The number of hydrogen-bond acceptors (Lipinski definition) is 3. The quantitative estimate of drug-likeness (QED) is 0.260. The Morgan fingerprint density at radius 1 is 0.893 bits per heavy atom. The van der Waals surface area contributed by atoms with E-state index in [2.05, 4.69) is 0 Å². The molecule has 140 valence electrons. The molecule has 28 heavy (non-hydrogen) atoms. The maximum Gasteiger partial charge on any atom is 0.266 e. The van der Waals surface area contributed by atoms with Crippen molar-refractivity contribution in [2.75, 3.05) is 0 Å². The molecule has 0 bridgehead atoms. The lowest BCUT2D eigenvalue weighted by atomic mass is 10.2. The minimum Gasteiger partial charge on any atom is -0.268 e. The molecule has 0 saturated heterocycles. The van der Waals surface area contributed by atoms with Crippen LogP contribution >= 0.6 is 46.6 Å². The highest BCUT2D eigenvalue weighted by atomic mass is 35.5. The number of rotatable bonds is 4. The molecule has 1 aromatic heterocycles. The summed E-state index contributed by atoms with van der Waals surface area (Å²) in [6.45, 7) is 0. The number of nitrogens with zero attached hydrogens (tertiary/aromatic N) is 2. The second-order valence-corrected chi connectivity index (χ2v) is 8.29. The van der Waals surface area contributed by atoms with Gasteiger partial charge in [-0.15, -0.1) is 0 Å². The van der Waals surface area contributed by atoms with Crippen molar-refractivity contribution in [2.24, 2.45) is 0 Å². The van der Waals surface area contributed by atoms with Crippen molar-refractivity contribution >= 4 is 57.5 Å². The van der Waals surface area contributed by atoms with Crippen LogP contribution in [-0.2, 0) is 5.75 Å². The van der Waals surface area contributed by atoms with Crippen LogP contribution in [0.15, 0.2) is 76.7 Å². The summed E-state index contributed by atoms with van der Waals surface area (Å²) in [6, 6.07) is 19.9. The van der Waals surface area contributed by atoms with E-state index >= 15 is 0 Å². The van der Waals surface area contributed by atoms with Crippen molar-refractivity contribution in [3.8, 4) is 5.69 Å². The summed E-state index contributed by atoms with van der Waals surface area (Å²) in [5.41, 5.74) is 2.03. The number of thioether (sulfide) groups is 1. The molecule has 0 N–H and O–H groups in total. The maximum absolute atomic E-state index is 13.3. The monoisotopic (exact) mass is 446 g/mol. The number of para-hydroxylation sites is 1. The molecule has 7 heteroatoms. The Labute approximate surface area is 180 Å². The van der Waals surface area contributed by atoms with Crippen molar-refractivity contribution < 1.29 is 0 Å². The predicted molar refractivity (Wildman–Crippen MR) is 118 cm³/mol. The van der Waals surface area contributed by atoms with Gasteiger partial charge in [-0.25, -0.2) is 4.98 Å². The highest BCUT2D eigenvalue weighted by Crippen LogP contribution is 2.29. The molecule has 0 radical (unpaired) electrons. The first-order valence-corrected chi connectivity index (χ1v) is 10.5. The first-order chi connectivity index (χ1) is 13.5. The van der Waals surface area contributed by atoms with Gasteiger partial charge in [-0.1, -0.05) is 70.8 Å². The Kier molecular flexibility index (Phi) is 5.65. The van der Waals surface area contributed by atoms with E-state index < -0.39 is 0 Å². The van der Waals surface area contributed by atoms with Crippen LogP contribution in [0, 0.1) is 0 Å². The van der Waals surface area contributed by atoms with Gasteiger partial charge in [0.25, 0.3) is 5.56 Å². The van der Waals surface area contributed by atoms with Gasteiger partial charge in [-0.05, 0) is 48.0 Å². The van der Waals surface area contributed by atoms with Crippen LogP contribution in [-0.4, -0.2) is 9.55 Å². The van der Waals surface area contributed by atoms with Gasteiger partial charge in [0.2, 0.25) is 0 Å². The van der Waals surface area contributed by atoms with Crippen molar-refractivity contribution in [1.29, 1.82) is 0 Å². The van der Waals surface area contributed by atoms with E-state index in [0.29, 0.717) is 42.6 Å². The Bertz CT molecular complexity index is 1220. The van der Waals surface area contributed by atoms with Gasteiger partial charge >= 0.3 is 0 Å². The van der Waals surface area contributed by atoms with Crippen LogP contribution < -0.4 is 5.56 Å². The van der Waals surface area contributed by atoms with Crippen molar-refractivity contribution in [1.82, 2.24) is 9.55 Å². The smallest absolute Gasteiger partial charge is 0.266 e. The van der Waals surface area contributed by atoms with Gasteiger partial charge in [-0.2, -0.15) is 0 Å². The standard InChI is InChI=1S/C21H13Cl3N2OS/c22-14-7-5-13(6-8-14)12-28-21-25-18-4-2-1-3-16(18)20(27)26(21)19-11-15(23)9-10-17(19)24/h1-11H,12H2. The van der Waals surface area contributed by atoms with Crippen LogP contribution in [0.4, 0.5) is 0 Å². The molecule has 0 unspecified atom stereocenters. The van der Waals surface area contributed by atoms with E-state index in [9.17, 15) is 4.79 Å². The summed E-state index contributed by atoms with van der Waals surface area (Å²) in [5, 5.41) is 2.67. The van der Waals surface area contributed by atoms with Crippen molar-refractivity contribution in [2.45, 2.75) is 10.9 Å². The molecular weight excluding hydrogens is 435 g/mol. The Morgan fingerprint density at radius 3 is 2.39 bits per heavy atom. The third kappa shape index (κ3) is 3.91. The van der Waals surface area contributed by atoms with Gasteiger partial charge in [-0.3, -0.25) is 9.36 Å². The molecule has 4 aromatic rings. The Hall–Kier alpha value is -1.98. The average Bonchev–Trinajstić information content (AvgIpc) is 2.70. The lowest BCUT2D eigenvalue weighted by molar-refractivity contribution is 0.820. The van der Waals surface area contributed by atoms with Crippen LogP contribution in [0.2, 0.25) is 15.1 Å². The zero-order valence-corrected chi connectivity index (χ0v) is 17.5. The molecule has 1 heterocycles. The predicted octanol–water partition coefficient (Wildman–Crippen LogP) is 6.64. The third-order valence-electron chi connectivity index (χ3n) is 4.18. The fourth-order valence-electron chi connectivity index (χ4n) is 2.81. The summed E-state index contributed by atoms with van der Waals surface area (Å²) in [5.74, 6) is 0.625. The molecule has 4 rings (SSSR count). The molecule has 0 aliphatic carbocycles. The molecule has 0 aliphatic heterocycles. The number of fused-ring (bicyclic) bond motifs is 1. The van der Waals surface area contributed by atoms with E-state index in [1.54, 1.807) is 24.3 Å². The van der Waals surface area contributed by atoms with Crippen molar-refractivity contribution in [3.05, 3.63) is 97.7 Å². The van der Waals surface area contributed by atoms with Gasteiger partial charge in [0.1, 0.15) is 0 Å². The molecule has 3 aromatic carbocycles. The van der Waals surface area contributed by atoms with Crippen LogP contribution in [0.3, 0.4) is 0 Å². The van der Waals surface area contributed by atoms with E-state index in [4.69, 9.17) is 39.8 Å². The van der Waals surface area contributed by atoms with Gasteiger partial charge in [0.05, 0.1) is 21.6 Å². The lowest BCUT2D eigenvalue weighted by Gasteiger charge is -2.15. The van der Waals surface area contributed by atoms with E-state index in [-0.39, 0.29) is 5.56 Å². The van der Waals surface area contributed by atoms with Gasteiger partial charge in [0, 0.05) is 15.8 Å². The Balaban J connectivity index is 1.87. The molecule has 0 amide bonds. The minimum atomic E-state index is -0.187. The lowest BCUT2D eigenvalue weighted by Crippen LogP contribution is -2.22. The molecule has 0 fully saturated rings. The van der Waals surface area contributed by atoms with Gasteiger partial charge < -0.3 is 0 Å². The molecular formula is C21H13Cl3N2OS. The summed E-state index contributed by atoms with van der Waals surface area (Å²) in [7, 11) is 0. The maximum atomic E-state index is 13.3. The zero-order valence-electron chi connectivity index (χ0n) is 14.4. The summed E-state index contributed by atoms with van der Waals surface area (Å²) in [4.78, 5) is 18.0. The van der Waals surface area contributed by atoms with Crippen LogP contribution in [0.5, 0.6) is 0 Å². The number of benzene rings is 3. The van der Waals surface area contributed by atoms with Crippen LogP contribution in [0.1, 0.15) is 5.56 Å². The number of hydrogen-bond donors (Lipinski definition) is 0. The number of halogens is 3.